The zero-order valence-electron chi connectivity index (χ0n) is 11.5. The van der Waals surface area contributed by atoms with Crippen LogP contribution in [-0.2, 0) is 4.74 Å². The molecule has 3 heteroatoms. The highest BCUT2D eigenvalue weighted by molar-refractivity contribution is 5.11. The second kappa shape index (κ2) is 5.84. The lowest BCUT2D eigenvalue weighted by Crippen LogP contribution is -2.42. The van der Waals surface area contributed by atoms with Crippen LogP contribution in [-0.4, -0.2) is 18.8 Å². The van der Waals surface area contributed by atoms with Gasteiger partial charge in [0.2, 0.25) is 0 Å². The third kappa shape index (κ3) is 4.65. The van der Waals surface area contributed by atoms with Crippen molar-refractivity contribution in [2.75, 3.05) is 13.2 Å². The van der Waals surface area contributed by atoms with Crippen molar-refractivity contribution in [2.24, 2.45) is 17.1 Å². The van der Waals surface area contributed by atoms with E-state index in [1.165, 1.54) is 0 Å². The van der Waals surface area contributed by atoms with E-state index in [0.29, 0.717) is 11.3 Å². The molecule has 1 saturated carbocycles. The molecule has 1 fully saturated rings. The molecule has 2 atom stereocenters. The van der Waals surface area contributed by atoms with E-state index in [0.717, 1.165) is 45.3 Å². The van der Waals surface area contributed by atoms with Gasteiger partial charge < -0.3 is 10.5 Å². The fourth-order valence-electron chi connectivity index (χ4n) is 2.36. The molecule has 0 bridgehead atoms. The van der Waals surface area contributed by atoms with E-state index in [9.17, 15) is 0 Å². The summed E-state index contributed by atoms with van der Waals surface area (Å²) in [6.45, 7) is 8.19. The van der Waals surface area contributed by atoms with Crippen LogP contribution in [0.2, 0.25) is 0 Å². The Morgan fingerprint density at radius 3 is 2.71 bits per heavy atom. The van der Waals surface area contributed by atoms with Crippen molar-refractivity contribution in [2.45, 2.75) is 58.4 Å². The molecule has 17 heavy (non-hydrogen) atoms. The molecule has 0 aromatic heterocycles. The van der Waals surface area contributed by atoms with Gasteiger partial charge in [-0.1, -0.05) is 27.2 Å². The van der Waals surface area contributed by atoms with Crippen molar-refractivity contribution in [3.63, 3.8) is 0 Å². The Labute approximate surface area is 105 Å². The summed E-state index contributed by atoms with van der Waals surface area (Å²) in [5.41, 5.74) is 5.81. The first-order valence-corrected chi connectivity index (χ1v) is 6.65. The fraction of sp³-hybridized carbons (Fsp3) is 0.929. The average Bonchev–Trinajstić information content (AvgIpc) is 2.59. The predicted octanol–water partition coefficient (Wildman–Crippen LogP) is 2.85. The third-order valence-corrected chi connectivity index (χ3v) is 3.69. The summed E-state index contributed by atoms with van der Waals surface area (Å²) >= 11 is 0. The van der Waals surface area contributed by atoms with E-state index >= 15 is 0 Å². The van der Waals surface area contributed by atoms with Crippen LogP contribution in [0.4, 0.5) is 0 Å². The number of hydrogen-bond donors (Lipinski definition) is 1. The lowest BCUT2D eigenvalue weighted by Gasteiger charge is -2.24. The van der Waals surface area contributed by atoms with Crippen LogP contribution in [0, 0.1) is 22.7 Å². The van der Waals surface area contributed by atoms with Gasteiger partial charge in [-0.2, -0.15) is 5.26 Å². The Balaban J connectivity index is 2.17. The molecule has 0 saturated heterocycles. The molecule has 98 valence electrons. The van der Waals surface area contributed by atoms with Gasteiger partial charge in [0.25, 0.3) is 0 Å². The van der Waals surface area contributed by atoms with Crippen LogP contribution in [0.3, 0.4) is 0 Å². The first-order chi connectivity index (χ1) is 7.87. The summed E-state index contributed by atoms with van der Waals surface area (Å²) in [5.74, 6) is 0.321. The summed E-state index contributed by atoms with van der Waals surface area (Å²) in [4.78, 5) is 0. The van der Waals surface area contributed by atoms with Gasteiger partial charge >= 0.3 is 0 Å². The molecule has 0 aromatic carbocycles. The van der Waals surface area contributed by atoms with E-state index in [-0.39, 0.29) is 0 Å². The van der Waals surface area contributed by atoms with E-state index in [1.54, 1.807) is 0 Å². The summed E-state index contributed by atoms with van der Waals surface area (Å²) < 4.78 is 5.64. The van der Waals surface area contributed by atoms with E-state index < -0.39 is 5.54 Å². The average molecular weight is 238 g/mol. The Hall–Kier alpha value is -0.590. The molecular formula is C14H26N2O. The monoisotopic (exact) mass is 238 g/mol. The van der Waals surface area contributed by atoms with Gasteiger partial charge in [0.05, 0.1) is 6.07 Å². The van der Waals surface area contributed by atoms with Crippen LogP contribution in [0.5, 0.6) is 0 Å². The standard InChI is InChI=1S/C14H26N2O/c1-13(2,3)8-10-17-9-6-12-5-4-7-14(12,16)11-15/h12H,4-10,16H2,1-3H3. The zero-order chi connectivity index (χ0) is 12.9. The van der Waals surface area contributed by atoms with Gasteiger partial charge in [-0.05, 0) is 37.0 Å². The number of nitrogens with zero attached hydrogens (tertiary/aromatic N) is 1. The molecule has 0 radical (unpaired) electrons. The smallest absolute Gasteiger partial charge is 0.107 e. The molecule has 2 N–H and O–H groups in total. The summed E-state index contributed by atoms with van der Waals surface area (Å²) in [7, 11) is 0. The number of hydrogen-bond acceptors (Lipinski definition) is 3. The Kier molecular flexibility index (Phi) is 4.97. The molecule has 0 amide bonds. The maximum atomic E-state index is 9.09. The largest absolute Gasteiger partial charge is 0.381 e. The van der Waals surface area contributed by atoms with Crippen molar-refractivity contribution >= 4 is 0 Å². The van der Waals surface area contributed by atoms with Crippen molar-refractivity contribution in [3.8, 4) is 6.07 Å². The molecule has 3 nitrogen and oxygen atoms in total. The molecule has 0 aliphatic heterocycles. The van der Waals surface area contributed by atoms with Crippen LogP contribution in [0.25, 0.3) is 0 Å². The highest BCUT2D eigenvalue weighted by Gasteiger charge is 2.39. The highest BCUT2D eigenvalue weighted by Crippen LogP contribution is 2.35. The first-order valence-electron chi connectivity index (χ1n) is 6.65. The molecule has 0 aromatic rings. The van der Waals surface area contributed by atoms with E-state index in [4.69, 9.17) is 15.7 Å². The van der Waals surface area contributed by atoms with Crippen LogP contribution >= 0.6 is 0 Å². The Bertz CT molecular complexity index is 277. The maximum absolute atomic E-state index is 9.09. The minimum absolute atomic E-state index is 0.321. The van der Waals surface area contributed by atoms with Gasteiger partial charge in [0, 0.05) is 13.2 Å². The van der Waals surface area contributed by atoms with Crippen LogP contribution < -0.4 is 5.73 Å². The van der Waals surface area contributed by atoms with Gasteiger partial charge in [0.15, 0.2) is 0 Å². The molecule has 1 aliphatic rings. The zero-order valence-corrected chi connectivity index (χ0v) is 11.5. The molecule has 0 heterocycles. The normalized spacial score (nSPS) is 29.2. The number of nitriles is 1. The summed E-state index contributed by atoms with van der Waals surface area (Å²) in [5, 5.41) is 9.09. The lowest BCUT2D eigenvalue weighted by molar-refractivity contribution is 0.0933. The minimum Gasteiger partial charge on any atom is -0.381 e. The van der Waals surface area contributed by atoms with Gasteiger partial charge in [0.1, 0.15) is 5.54 Å². The number of nitrogens with two attached hydrogens (primary N) is 1. The van der Waals surface area contributed by atoms with Crippen molar-refractivity contribution < 1.29 is 4.74 Å². The molecule has 1 rings (SSSR count). The topological polar surface area (TPSA) is 59.0 Å². The lowest BCUT2D eigenvalue weighted by atomic mass is 9.87. The number of ether oxygens (including phenoxy) is 1. The molecule has 1 aliphatic carbocycles. The molecular weight excluding hydrogens is 212 g/mol. The van der Waals surface area contributed by atoms with Crippen LogP contribution in [0.15, 0.2) is 0 Å². The maximum Gasteiger partial charge on any atom is 0.107 e. The highest BCUT2D eigenvalue weighted by atomic mass is 16.5. The third-order valence-electron chi connectivity index (χ3n) is 3.69. The van der Waals surface area contributed by atoms with E-state index in [1.807, 2.05) is 0 Å². The quantitative estimate of drug-likeness (QED) is 0.749. The second-order valence-electron chi connectivity index (χ2n) is 6.45. The predicted molar refractivity (Wildman–Crippen MR) is 69.4 cm³/mol. The van der Waals surface area contributed by atoms with Crippen molar-refractivity contribution in [1.82, 2.24) is 0 Å². The SMILES string of the molecule is CC(C)(C)CCOCCC1CCCC1(N)C#N. The van der Waals surface area contributed by atoms with Crippen LogP contribution in [0.1, 0.15) is 52.9 Å². The minimum atomic E-state index is -0.590. The Morgan fingerprint density at radius 1 is 1.41 bits per heavy atom. The fourth-order valence-corrected chi connectivity index (χ4v) is 2.36. The number of rotatable bonds is 5. The second-order valence-corrected chi connectivity index (χ2v) is 6.45. The van der Waals surface area contributed by atoms with Gasteiger partial charge in [-0.3, -0.25) is 0 Å². The van der Waals surface area contributed by atoms with Crippen molar-refractivity contribution in [1.29, 1.82) is 5.26 Å². The van der Waals surface area contributed by atoms with Gasteiger partial charge in [-0.15, -0.1) is 0 Å². The molecule has 2 unspecified atom stereocenters. The Morgan fingerprint density at radius 2 is 2.12 bits per heavy atom. The first kappa shape index (κ1) is 14.5. The van der Waals surface area contributed by atoms with Crippen molar-refractivity contribution in [3.05, 3.63) is 0 Å². The molecule has 0 spiro atoms. The van der Waals surface area contributed by atoms with E-state index in [2.05, 4.69) is 26.8 Å². The van der Waals surface area contributed by atoms with Gasteiger partial charge in [-0.25, -0.2) is 0 Å². The summed E-state index contributed by atoms with van der Waals surface area (Å²) in [6, 6.07) is 2.28. The summed E-state index contributed by atoms with van der Waals surface area (Å²) in [6.07, 6.45) is 5.00.